The van der Waals surface area contributed by atoms with Crippen molar-refractivity contribution in [2.24, 2.45) is 0 Å². The fraction of sp³-hybridized carbons (Fsp3) is 0.507. The van der Waals surface area contributed by atoms with Crippen LogP contribution in [0.5, 0.6) is 5.75 Å². The number of fused-ring (bicyclic) bond motifs is 6. The highest BCUT2D eigenvalue weighted by atomic mass is 16.6. The van der Waals surface area contributed by atoms with Crippen molar-refractivity contribution in [3.8, 4) is 39.1 Å². The number of ether oxygens (including phenoxy) is 7. The van der Waals surface area contributed by atoms with E-state index in [4.69, 9.17) is 38.3 Å². The number of unbranched alkanes of at least 4 members (excludes halogenated alkanes) is 10. The summed E-state index contributed by atoms with van der Waals surface area (Å²) in [4.78, 5) is 2.17. The maximum absolute atomic E-state index is 9.03. The quantitative estimate of drug-likeness (QED) is 0.0380. The van der Waals surface area contributed by atoms with Crippen LogP contribution in [-0.2, 0) is 45.9 Å². The van der Waals surface area contributed by atoms with Crippen molar-refractivity contribution in [3.05, 3.63) is 165 Å². The molecule has 2 aliphatic carbocycles. The van der Waals surface area contributed by atoms with Crippen molar-refractivity contribution in [3.63, 3.8) is 0 Å². The Balaban J connectivity index is 1.22. The molecule has 9 nitrogen and oxygen atoms in total. The van der Waals surface area contributed by atoms with Gasteiger partial charge in [0.05, 0.1) is 90.4 Å². The molecule has 0 aromatic heterocycles. The average Bonchev–Trinajstić information content (AvgIpc) is 2.01. The van der Waals surface area contributed by atoms with Gasteiger partial charge in [-0.15, -0.1) is 0 Å². The molecule has 0 fully saturated rings. The fourth-order valence-electron chi connectivity index (χ4n) is 12.9. The molecule has 0 spiro atoms. The summed E-state index contributed by atoms with van der Waals surface area (Å²) in [7, 11) is 5.89. The van der Waals surface area contributed by atoms with Crippen LogP contribution in [0.25, 0.3) is 33.4 Å². The number of aliphatic hydroxyl groups is 1. The Kier molecular flexibility index (Phi) is 24.1. The van der Waals surface area contributed by atoms with E-state index in [-0.39, 0.29) is 12.0 Å². The third-order valence-corrected chi connectivity index (χ3v) is 17.2. The Bertz CT molecular complexity index is 2930. The highest BCUT2D eigenvalue weighted by Crippen LogP contribution is 2.59. The van der Waals surface area contributed by atoms with Crippen molar-refractivity contribution in [1.82, 2.24) is 0 Å². The van der Waals surface area contributed by atoms with Gasteiger partial charge in [-0.05, 0) is 136 Å². The number of hydrogen-bond donors (Lipinski definition) is 1. The van der Waals surface area contributed by atoms with Gasteiger partial charge in [-0.1, -0.05) is 187 Å². The number of anilines is 1. The molecule has 0 bridgehead atoms. The molecule has 2 aliphatic rings. The van der Waals surface area contributed by atoms with Crippen molar-refractivity contribution in [2.75, 3.05) is 105 Å². The van der Waals surface area contributed by atoms with Crippen LogP contribution >= 0.6 is 0 Å². The summed E-state index contributed by atoms with van der Waals surface area (Å²) in [5.74, 6) is 0.811. The molecule has 1 unspecified atom stereocenters. The molecule has 1 atom stereocenters. The molecular formula is C73H97NO8. The maximum Gasteiger partial charge on any atom is 0.142 e. The van der Waals surface area contributed by atoms with Crippen LogP contribution in [0.2, 0.25) is 0 Å². The van der Waals surface area contributed by atoms with Crippen LogP contribution in [-0.4, -0.2) is 106 Å². The van der Waals surface area contributed by atoms with E-state index in [1.54, 1.807) is 12.7 Å². The summed E-state index contributed by atoms with van der Waals surface area (Å²) in [5, 5.41) is 9.03. The highest BCUT2D eigenvalue weighted by molar-refractivity contribution is 5.90. The SMILES string of the molecule is CCCCCCCCC1(CCCCCCCC)c2cc(C)ccc2-c2ccc(-c3ccc4c(c3)C(c3ccc(COCCOCCOCCO)c(C)c3)(c3ccc(OCCOCCOCCOC)c(N(C)C)c3)c3cc(C)ccc3-4)cc21. The van der Waals surface area contributed by atoms with E-state index in [2.05, 4.69) is 163 Å². The summed E-state index contributed by atoms with van der Waals surface area (Å²) in [6.07, 6.45) is 17.9. The number of rotatable bonds is 38. The van der Waals surface area contributed by atoms with E-state index >= 15 is 0 Å². The highest BCUT2D eigenvalue weighted by Gasteiger charge is 2.48. The van der Waals surface area contributed by atoms with E-state index in [0.29, 0.717) is 79.3 Å². The predicted octanol–water partition coefficient (Wildman–Crippen LogP) is 16.1. The lowest BCUT2D eigenvalue weighted by atomic mass is 9.66. The first-order chi connectivity index (χ1) is 40.1. The van der Waals surface area contributed by atoms with Gasteiger partial charge in [-0.25, -0.2) is 0 Å². The minimum atomic E-state index is -0.693. The molecular weight excluding hydrogens is 1020 g/mol. The fourth-order valence-corrected chi connectivity index (χ4v) is 12.9. The first-order valence-electron chi connectivity index (χ1n) is 31.2. The monoisotopic (exact) mass is 1120 g/mol. The minimum absolute atomic E-state index is 0.00895. The predicted molar refractivity (Wildman–Crippen MR) is 337 cm³/mol. The number of aliphatic hydroxyl groups excluding tert-OH is 1. The number of nitrogens with zero attached hydrogens (tertiary/aromatic N) is 1. The third-order valence-electron chi connectivity index (χ3n) is 17.2. The summed E-state index contributed by atoms with van der Waals surface area (Å²) in [5.41, 5.74) is 21.1. The Morgan fingerprint density at radius 2 is 0.902 bits per heavy atom. The third kappa shape index (κ3) is 14.9. The molecule has 442 valence electrons. The zero-order valence-electron chi connectivity index (χ0n) is 51.2. The molecule has 0 saturated carbocycles. The van der Waals surface area contributed by atoms with Crippen LogP contribution in [0.4, 0.5) is 5.69 Å². The Hall–Kier alpha value is -5.36. The molecule has 0 aliphatic heterocycles. The number of aryl methyl sites for hydroxylation is 3. The van der Waals surface area contributed by atoms with Crippen molar-refractivity contribution < 1.29 is 38.3 Å². The molecule has 6 aromatic rings. The van der Waals surface area contributed by atoms with Gasteiger partial charge >= 0.3 is 0 Å². The maximum atomic E-state index is 9.03. The molecule has 6 aromatic carbocycles. The van der Waals surface area contributed by atoms with Crippen LogP contribution in [0.15, 0.2) is 109 Å². The van der Waals surface area contributed by atoms with Gasteiger partial charge in [0.2, 0.25) is 0 Å². The largest absolute Gasteiger partial charge is 0.489 e. The van der Waals surface area contributed by atoms with Gasteiger partial charge in [-0.2, -0.15) is 0 Å². The molecule has 0 radical (unpaired) electrons. The average molecular weight is 1120 g/mol. The zero-order valence-corrected chi connectivity index (χ0v) is 51.2. The topological polar surface area (TPSA) is 88.1 Å². The second kappa shape index (κ2) is 31.5. The normalized spacial score (nSPS) is 14.7. The minimum Gasteiger partial charge on any atom is -0.489 e. The number of hydrogen-bond acceptors (Lipinski definition) is 9. The summed E-state index contributed by atoms with van der Waals surface area (Å²) >= 11 is 0. The van der Waals surface area contributed by atoms with E-state index in [0.717, 1.165) is 17.0 Å². The molecule has 0 saturated heterocycles. The second-order valence-corrected chi connectivity index (χ2v) is 23.3. The van der Waals surface area contributed by atoms with E-state index in [1.165, 1.54) is 168 Å². The summed E-state index contributed by atoms with van der Waals surface area (Å²) in [6, 6.07) is 43.1. The number of benzene rings is 6. The first kappa shape index (κ1) is 62.7. The molecule has 9 heteroatoms. The van der Waals surface area contributed by atoms with Crippen LogP contribution in [0, 0.1) is 20.8 Å². The van der Waals surface area contributed by atoms with Crippen molar-refractivity contribution in [2.45, 2.75) is 142 Å². The van der Waals surface area contributed by atoms with Crippen LogP contribution in [0.1, 0.15) is 159 Å². The molecule has 0 amide bonds. The van der Waals surface area contributed by atoms with Gasteiger partial charge in [-0.3, -0.25) is 0 Å². The molecule has 8 rings (SSSR count). The standard InChI is InChI=1S/C73H97NO8/c1-9-11-13-15-17-19-33-72(34-20-18-16-14-12-10-2)66-47-54(3)21-28-62(66)63-30-24-57(50-67(63)72)58-25-31-65-64-29-22-55(4)48-68(64)73(69(65)51-58,60-26-23-59(56(5)49-60)53-81-44-43-79-40-39-77-36-35-75)61-27-32-71(70(52-61)74(6)7)82-46-45-80-42-41-78-38-37-76-8/h21-32,47-52,75H,9-20,33-46,53H2,1-8H3. The second-order valence-electron chi connectivity index (χ2n) is 23.3. The smallest absolute Gasteiger partial charge is 0.142 e. The van der Waals surface area contributed by atoms with Gasteiger partial charge in [0.25, 0.3) is 0 Å². The molecule has 1 N–H and O–H groups in total. The zero-order chi connectivity index (χ0) is 57.7. The Morgan fingerprint density at radius 3 is 1.48 bits per heavy atom. The molecule has 82 heavy (non-hydrogen) atoms. The van der Waals surface area contributed by atoms with Crippen LogP contribution < -0.4 is 9.64 Å². The van der Waals surface area contributed by atoms with Gasteiger partial charge in [0.15, 0.2) is 0 Å². The van der Waals surface area contributed by atoms with E-state index in [9.17, 15) is 0 Å². The van der Waals surface area contributed by atoms with E-state index in [1.807, 2.05) is 0 Å². The van der Waals surface area contributed by atoms with Gasteiger partial charge in [0, 0.05) is 26.6 Å². The van der Waals surface area contributed by atoms with Crippen molar-refractivity contribution >= 4 is 5.69 Å². The lowest BCUT2D eigenvalue weighted by Gasteiger charge is -2.36. The Labute approximate surface area is 493 Å². The van der Waals surface area contributed by atoms with Gasteiger partial charge in [0.1, 0.15) is 12.4 Å². The van der Waals surface area contributed by atoms with Crippen molar-refractivity contribution in [1.29, 1.82) is 0 Å². The van der Waals surface area contributed by atoms with Gasteiger partial charge < -0.3 is 43.2 Å². The first-order valence-corrected chi connectivity index (χ1v) is 31.2. The summed E-state index contributed by atoms with van der Waals surface area (Å²) < 4.78 is 40.6. The lowest BCUT2D eigenvalue weighted by molar-refractivity contribution is 0.00444. The van der Waals surface area contributed by atoms with E-state index < -0.39 is 5.41 Å². The Morgan fingerprint density at radius 1 is 0.439 bits per heavy atom. The van der Waals surface area contributed by atoms with Crippen LogP contribution in [0.3, 0.4) is 0 Å². The lowest BCUT2D eigenvalue weighted by Crippen LogP contribution is -2.29. The number of methoxy groups -OCH3 is 1. The summed E-state index contributed by atoms with van der Waals surface area (Å²) in [6.45, 7) is 17.0. The molecule has 0 heterocycles.